The van der Waals surface area contributed by atoms with Crippen molar-refractivity contribution in [3.63, 3.8) is 0 Å². The Balaban J connectivity index is 2.32. The van der Waals surface area contributed by atoms with Crippen LogP contribution in [0.1, 0.15) is 19.3 Å². The third-order valence-corrected chi connectivity index (χ3v) is 4.16. The highest BCUT2D eigenvalue weighted by atomic mass is 32.2. The highest BCUT2D eigenvalue weighted by Crippen LogP contribution is 2.13. The molecule has 4 nitrogen and oxygen atoms in total. The van der Waals surface area contributed by atoms with E-state index in [4.69, 9.17) is 5.14 Å². The van der Waals surface area contributed by atoms with E-state index in [-0.39, 0.29) is 4.90 Å². The van der Waals surface area contributed by atoms with Crippen LogP contribution < -0.4 is 10.5 Å². The van der Waals surface area contributed by atoms with Gasteiger partial charge in [0.1, 0.15) is 0 Å². The zero-order valence-corrected chi connectivity index (χ0v) is 12.2. The summed E-state index contributed by atoms with van der Waals surface area (Å²) < 4.78 is 22.1. The van der Waals surface area contributed by atoms with E-state index in [0.29, 0.717) is 0 Å². The molecule has 0 atom stereocenters. The highest BCUT2D eigenvalue weighted by Gasteiger charge is 2.06. The van der Waals surface area contributed by atoms with Gasteiger partial charge in [0.2, 0.25) is 10.0 Å². The van der Waals surface area contributed by atoms with E-state index in [9.17, 15) is 8.42 Å². The smallest absolute Gasteiger partial charge is 0.238 e. The molecule has 102 valence electrons. The molecule has 18 heavy (non-hydrogen) atoms. The minimum absolute atomic E-state index is 0.146. The number of primary sulfonamides is 1. The molecule has 1 aromatic carbocycles. The first-order valence-electron chi connectivity index (χ1n) is 5.90. The fourth-order valence-corrected chi connectivity index (χ4v) is 2.55. The lowest BCUT2D eigenvalue weighted by Crippen LogP contribution is -2.12. The van der Waals surface area contributed by atoms with Gasteiger partial charge in [-0.1, -0.05) is 6.42 Å². The molecule has 3 N–H and O–H groups in total. The molecular weight excluding hydrogens is 268 g/mol. The molecule has 1 rings (SSSR count). The molecular formula is C12H20N2O2S2. The predicted octanol–water partition coefficient (Wildman–Crippen LogP) is 2.28. The van der Waals surface area contributed by atoms with Crippen LogP contribution in [0.3, 0.4) is 0 Å². The highest BCUT2D eigenvalue weighted by molar-refractivity contribution is 7.98. The summed E-state index contributed by atoms with van der Waals surface area (Å²) in [5.41, 5.74) is 0.923. The first-order valence-corrected chi connectivity index (χ1v) is 8.84. The van der Waals surface area contributed by atoms with Crippen molar-refractivity contribution in [2.75, 3.05) is 23.9 Å². The number of sulfonamides is 1. The molecule has 0 saturated heterocycles. The van der Waals surface area contributed by atoms with Crippen LogP contribution in [-0.4, -0.2) is 27.0 Å². The number of hydrogen-bond acceptors (Lipinski definition) is 4. The molecule has 1 aromatic rings. The second-order valence-corrected chi connectivity index (χ2v) is 6.60. The molecule has 0 aliphatic rings. The number of unbranched alkanes of at least 4 members (excludes halogenated alkanes) is 2. The summed E-state index contributed by atoms with van der Waals surface area (Å²) in [6.07, 6.45) is 5.69. The molecule has 0 aliphatic heterocycles. The molecule has 6 heteroatoms. The second-order valence-electron chi connectivity index (χ2n) is 4.05. The van der Waals surface area contributed by atoms with Gasteiger partial charge in [-0.2, -0.15) is 11.8 Å². The van der Waals surface area contributed by atoms with Crippen molar-refractivity contribution in [2.45, 2.75) is 24.2 Å². The standard InChI is InChI=1S/C12H20N2O2S2/c1-17-10-4-2-3-9-14-11-5-7-12(8-6-11)18(13,15)16/h5-8,14H,2-4,9-10H2,1H3,(H2,13,15,16). The fraction of sp³-hybridized carbons (Fsp3) is 0.500. The molecule has 0 fully saturated rings. The third kappa shape index (κ3) is 5.75. The van der Waals surface area contributed by atoms with Gasteiger partial charge in [-0.25, -0.2) is 13.6 Å². The number of nitrogens with one attached hydrogen (secondary N) is 1. The number of hydrogen-bond donors (Lipinski definition) is 2. The average Bonchev–Trinajstić information content (AvgIpc) is 2.33. The van der Waals surface area contributed by atoms with Crippen LogP contribution >= 0.6 is 11.8 Å². The third-order valence-electron chi connectivity index (χ3n) is 2.54. The van der Waals surface area contributed by atoms with E-state index in [0.717, 1.165) is 18.7 Å². The molecule has 0 amide bonds. The lowest BCUT2D eigenvalue weighted by atomic mass is 10.2. The number of thioether (sulfide) groups is 1. The van der Waals surface area contributed by atoms with Gasteiger partial charge in [0.05, 0.1) is 4.90 Å². The summed E-state index contributed by atoms with van der Waals surface area (Å²) >= 11 is 1.87. The number of benzene rings is 1. The van der Waals surface area contributed by atoms with E-state index in [2.05, 4.69) is 11.6 Å². The van der Waals surface area contributed by atoms with Crippen molar-refractivity contribution < 1.29 is 8.42 Å². The summed E-state index contributed by atoms with van der Waals surface area (Å²) in [6.45, 7) is 0.906. The molecule has 0 bridgehead atoms. The monoisotopic (exact) mass is 288 g/mol. The Hall–Kier alpha value is -0.720. The van der Waals surface area contributed by atoms with E-state index >= 15 is 0 Å². The van der Waals surface area contributed by atoms with E-state index in [1.54, 1.807) is 12.1 Å². The first kappa shape index (κ1) is 15.3. The van der Waals surface area contributed by atoms with Crippen LogP contribution in [0.2, 0.25) is 0 Å². The van der Waals surface area contributed by atoms with Gasteiger partial charge in [-0.15, -0.1) is 0 Å². The van der Waals surface area contributed by atoms with Crippen molar-refractivity contribution in [3.05, 3.63) is 24.3 Å². The van der Waals surface area contributed by atoms with E-state index in [1.807, 2.05) is 11.8 Å². The van der Waals surface area contributed by atoms with Crippen LogP contribution in [0.4, 0.5) is 5.69 Å². The lowest BCUT2D eigenvalue weighted by Gasteiger charge is -2.06. The van der Waals surface area contributed by atoms with Gasteiger partial charge in [0.25, 0.3) is 0 Å². The Kier molecular flexibility index (Phi) is 6.52. The Morgan fingerprint density at radius 2 is 1.83 bits per heavy atom. The van der Waals surface area contributed by atoms with Crippen molar-refractivity contribution in [1.29, 1.82) is 0 Å². The molecule has 0 aliphatic carbocycles. The summed E-state index contributed by atoms with van der Waals surface area (Å²) in [5, 5.41) is 8.28. The Bertz CT molecular complexity index is 444. The van der Waals surface area contributed by atoms with Gasteiger partial charge < -0.3 is 5.32 Å². The fourth-order valence-electron chi connectivity index (χ4n) is 1.54. The van der Waals surface area contributed by atoms with E-state index in [1.165, 1.54) is 30.7 Å². The molecule has 0 heterocycles. The maximum atomic E-state index is 11.1. The molecule has 0 aromatic heterocycles. The second kappa shape index (κ2) is 7.66. The molecule has 0 unspecified atom stereocenters. The topological polar surface area (TPSA) is 72.2 Å². The summed E-state index contributed by atoms with van der Waals surface area (Å²) in [7, 11) is -3.59. The molecule has 0 radical (unpaired) electrons. The van der Waals surface area contributed by atoms with Crippen LogP contribution in [0.15, 0.2) is 29.2 Å². The maximum Gasteiger partial charge on any atom is 0.238 e. The summed E-state index contributed by atoms with van der Waals surface area (Å²) in [5.74, 6) is 1.21. The van der Waals surface area contributed by atoms with Crippen molar-refractivity contribution in [2.24, 2.45) is 5.14 Å². The summed E-state index contributed by atoms with van der Waals surface area (Å²) in [6, 6.07) is 6.51. The normalized spacial score (nSPS) is 11.4. The van der Waals surface area contributed by atoms with Crippen LogP contribution in [0.5, 0.6) is 0 Å². The zero-order chi connectivity index (χ0) is 13.4. The lowest BCUT2D eigenvalue weighted by molar-refractivity contribution is 0.598. The zero-order valence-electron chi connectivity index (χ0n) is 10.6. The van der Waals surface area contributed by atoms with Crippen LogP contribution in [0, 0.1) is 0 Å². The van der Waals surface area contributed by atoms with Crippen molar-refractivity contribution >= 4 is 27.5 Å². The van der Waals surface area contributed by atoms with Crippen LogP contribution in [-0.2, 0) is 10.0 Å². The quantitative estimate of drug-likeness (QED) is 0.720. The Labute approximate surface area is 113 Å². The van der Waals surface area contributed by atoms with Gasteiger partial charge in [-0.05, 0) is 49.1 Å². The molecule has 0 saturated carbocycles. The average molecular weight is 288 g/mol. The number of rotatable bonds is 8. The summed E-state index contributed by atoms with van der Waals surface area (Å²) in [4.78, 5) is 0.146. The van der Waals surface area contributed by atoms with Crippen LogP contribution in [0.25, 0.3) is 0 Å². The first-order chi connectivity index (χ1) is 8.54. The maximum absolute atomic E-state index is 11.1. The molecule has 0 spiro atoms. The van der Waals surface area contributed by atoms with Gasteiger partial charge in [0.15, 0.2) is 0 Å². The predicted molar refractivity (Wildman–Crippen MR) is 78.5 cm³/mol. The van der Waals surface area contributed by atoms with Gasteiger partial charge in [-0.3, -0.25) is 0 Å². The Morgan fingerprint density at radius 1 is 1.17 bits per heavy atom. The number of nitrogens with two attached hydrogens (primary N) is 1. The van der Waals surface area contributed by atoms with Crippen molar-refractivity contribution in [1.82, 2.24) is 0 Å². The SMILES string of the molecule is CSCCCCCNc1ccc(S(N)(=O)=O)cc1. The van der Waals surface area contributed by atoms with Gasteiger partial charge in [0, 0.05) is 12.2 Å². The van der Waals surface area contributed by atoms with Crippen molar-refractivity contribution in [3.8, 4) is 0 Å². The largest absolute Gasteiger partial charge is 0.385 e. The van der Waals surface area contributed by atoms with Gasteiger partial charge >= 0.3 is 0 Å². The minimum atomic E-state index is -3.59. The minimum Gasteiger partial charge on any atom is -0.385 e. The Morgan fingerprint density at radius 3 is 2.39 bits per heavy atom. The van der Waals surface area contributed by atoms with E-state index < -0.39 is 10.0 Å². The number of anilines is 1.